The van der Waals surface area contributed by atoms with E-state index in [2.05, 4.69) is 50.4 Å². The Balaban J connectivity index is 2.29. The Morgan fingerprint density at radius 3 is 2.33 bits per heavy atom. The molecule has 0 aliphatic heterocycles. The zero-order chi connectivity index (χ0) is 15.4. The van der Waals surface area contributed by atoms with E-state index in [1.807, 2.05) is 12.1 Å². The van der Waals surface area contributed by atoms with E-state index in [4.69, 9.17) is 16.3 Å². The summed E-state index contributed by atoms with van der Waals surface area (Å²) in [5.74, 6) is 0.950. The van der Waals surface area contributed by atoms with Gasteiger partial charge in [-0.2, -0.15) is 0 Å². The predicted molar refractivity (Wildman–Crippen MR) is 90.6 cm³/mol. The summed E-state index contributed by atoms with van der Waals surface area (Å²) in [6.07, 6.45) is 0.997. The van der Waals surface area contributed by atoms with Gasteiger partial charge in [0.05, 0.1) is 13.2 Å². The maximum absolute atomic E-state index is 5.97. The minimum absolute atomic E-state index is 0.258. The lowest BCUT2D eigenvalue weighted by Crippen LogP contribution is -2.11. The second kappa shape index (κ2) is 6.86. The molecule has 0 radical (unpaired) electrons. The Morgan fingerprint density at radius 1 is 1.10 bits per heavy atom. The summed E-state index contributed by atoms with van der Waals surface area (Å²) in [5.41, 5.74) is 4.64. The fraction of sp³-hybridized carbons (Fsp3) is 0.333. The first kappa shape index (κ1) is 15.7. The highest BCUT2D eigenvalue weighted by Crippen LogP contribution is 2.32. The molecule has 0 heterocycles. The lowest BCUT2D eigenvalue weighted by molar-refractivity contribution is 0.409. The third-order valence-corrected chi connectivity index (χ3v) is 4.07. The standard InChI is InChI=1S/C18H22ClNO/c1-5-16(14-7-9-15(19)10-8-14)20-17-11-6-12(2)18(21-4)13(17)3/h6-11,16,20H,5H2,1-4H3. The van der Waals surface area contributed by atoms with Gasteiger partial charge in [0.1, 0.15) is 5.75 Å². The summed E-state index contributed by atoms with van der Waals surface area (Å²) in [5, 5.41) is 4.38. The van der Waals surface area contributed by atoms with Crippen molar-refractivity contribution in [2.45, 2.75) is 33.2 Å². The number of hydrogen-bond donors (Lipinski definition) is 1. The van der Waals surface area contributed by atoms with Crippen molar-refractivity contribution in [2.24, 2.45) is 0 Å². The highest BCUT2D eigenvalue weighted by atomic mass is 35.5. The van der Waals surface area contributed by atoms with Crippen molar-refractivity contribution in [2.75, 3.05) is 12.4 Å². The molecule has 2 aromatic carbocycles. The van der Waals surface area contributed by atoms with Gasteiger partial charge in [-0.05, 0) is 49.6 Å². The zero-order valence-corrected chi connectivity index (χ0v) is 13.8. The van der Waals surface area contributed by atoms with Gasteiger partial charge in [-0.15, -0.1) is 0 Å². The first-order valence-corrected chi connectivity index (χ1v) is 7.60. The second-order valence-electron chi connectivity index (χ2n) is 5.24. The number of halogens is 1. The van der Waals surface area contributed by atoms with Crippen LogP contribution in [0.3, 0.4) is 0 Å². The zero-order valence-electron chi connectivity index (χ0n) is 13.0. The Kier molecular flexibility index (Phi) is 5.13. The van der Waals surface area contributed by atoms with Gasteiger partial charge in [0.25, 0.3) is 0 Å². The number of anilines is 1. The molecule has 1 unspecified atom stereocenters. The fourth-order valence-electron chi connectivity index (χ4n) is 2.60. The quantitative estimate of drug-likeness (QED) is 0.784. The minimum atomic E-state index is 0.258. The van der Waals surface area contributed by atoms with E-state index in [0.717, 1.165) is 34.0 Å². The SMILES string of the molecule is CCC(Nc1ccc(C)c(OC)c1C)c1ccc(Cl)cc1. The van der Waals surface area contributed by atoms with E-state index in [0.29, 0.717) is 0 Å². The van der Waals surface area contributed by atoms with E-state index in [1.165, 1.54) is 5.56 Å². The van der Waals surface area contributed by atoms with Crippen LogP contribution in [0.5, 0.6) is 5.75 Å². The normalized spacial score (nSPS) is 12.0. The van der Waals surface area contributed by atoms with Gasteiger partial charge in [-0.25, -0.2) is 0 Å². The average molecular weight is 304 g/mol. The lowest BCUT2D eigenvalue weighted by atomic mass is 10.0. The molecule has 1 N–H and O–H groups in total. The molecular formula is C18H22ClNO. The van der Waals surface area contributed by atoms with Gasteiger partial charge in [0.15, 0.2) is 0 Å². The summed E-state index contributed by atoms with van der Waals surface area (Å²) < 4.78 is 5.50. The highest BCUT2D eigenvalue weighted by molar-refractivity contribution is 6.30. The molecule has 2 rings (SSSR count). The van der Waals surface area contributed by atoms with Crippen molar-refractivity contribution in [3.05, 3.63) is 58.1 Å². The monoisotopic (exact) mass is 303 g/mol. The van der Waals surface area contributed by atoms with E-state index in [1.54, 1.807) is 7.11 Å². The predicted octanol–water partition coefficient (Wildman–Crippen LogP) is 5.53. The highest BCUT2D eigenvalue weighted by Gasteiger charge is 2.13. The van der Waals surface area contributed by atoms with Gasteiger partial charge in [-0.3, -0.25) is 0 Å². The van der Waals surface area contributed by atoms with Crippen molar-refractivity contribution in [1.82, 2.24) is 0 Å². The van der Waals surface area contributed by atoms with Crippen LogP contribution >= 0.6 is 11.6 Å². The smallest absolute Gasteiger partial charge is 0.126 e. The average Bonchev–Trinajstić information content (AvgIpc) is 2.48. The summed E-state index contributed by atoms with van der Waals surface area (Å²) in [4.78, 5) is 0. The Hall–Kier alpha value is -1.67. The number of benzene rings is 2. The van der Waals surface area contributed by atoms with Crippen molar-refractivity contribution in [1.29, 1.82) is 0 Å². The summed E-state index contributed by atoms with van der Waals surface area (Å²) in [7, 11) is 1.72. The van der Waals surface area contributed by atoms with Crippen LogP contribution in [0.4, 0.5) is 5.69 Å². The molecule has 1 atom stereocenters. The molecule has 0 fully saturated rings. The summed E-state index contributed by atoms with van der Waals surface area (Å²) >= 11 is 5.97. The molecule has 2 nitrogen and oxygen atoms in total. The van der Waals surface area contributed by atoms with Crippen molar-refractivity contribution in [3.63, 3.8) is 0 Å². The van der Waals surface area contributed by atoms with Crippen LogP contribution in [0.15, 0.2) is 36.4 Å². The number of ether oxygens (including phenoxy) is 1. The third-order valence-electron chi connectivity index (χ3n) is 3.82. The molecule has 0 aliphatic rings. The molecule has 0 amide bonds. The van der Waals surface area contributed by atoms with Crippen molar-refractivity contribution in [3.8, 4) is 5.75 Å². The van der Waals surface area contributed by atoms with E-state index in [9.17, 15) is 0 Å². The van der Waals surface area contributed by atoms with Crippen LogP contribution in [0, 0.1) is 13.8 Å². The van der Waals surface area contributed by atoms with Crippen LogP contribution in [0.1, 0.15) is 36.1 Å². The molecule has 0 aromatic heterocycles. The third kappa shape index (κ3) is 3.51. The first-order valence-electron chi connectivity index (χ1n) is 7.23. The lowest BCUT2D eigenvalue weighted by Gasteiger charge is -2.22. The number of methoxy groups -OCH3 is 1. The van der Waals surface area contributed by atoms with Crippen LogP contribution < -0.4 is 10.1 Å². The molecule has 0 saturated carbocycles. The van der Waals surface area contributed by atoms with E-state index >= 15 is 0 Å². The second-order valence-corrected chi connectivity index (χ2v) is 5.68. The summed E-state index contributed by atoms with van der Waals surface area (Å²) in [6.45, 7) is 6.32. The van der Waals surface area contributed by atoms with Crippen LogP contribution in [0.25, 0.3) is 0 Å². The van der Waals surface area contributed by atoms with Crippen LogP contribution in [-0.2, 0) is 0 Å². The van der Waals surface area contributed by atoms with Gasteiger partial charge in [0.2, 0.25) is 0 Å². The molecule has 0 saturated heterocycles. The van der Waals surface area contributed by atoms with Gasteiger partial charge < -0.3 is 10.1 Å². The maximum Gasteiger partial charge on any atom is 0.126 e. The van der Waals surface area contributed by atoms with Gasteiger partial charge in [0, 0.05) is 16.3 Å². The number of hydrogen-bond acceptors (Lipinski definition) is 2. The topological polar surface area (TPSA) is 21.3 Å². The summed E-state index contributed by atoms with van der Waals surface area (Å²) in [6, 6.07) is 12.5. The molecular weight excluding hydrogens is 282 g/mol. The minimum Gasteiger partial charge on any atom is -0.496 e. The Morgan fingerprint density at radius 2 is 1.76 bits per heavy atom. The van der Waals surface area contributed by atoms with Crippen LogP contribution in [0.2, 0.25) is 5.02 Å². The Bertz CT molecular complexity index is 607. The molecule has 21 heavy (non-hydrogen) atoms. The van der Waals surface area contributed by atoms with E-state index in [-0.39, 0.29) is 6.04 Å². The maximum atomic E-state index is 5.97. The molecule has 3 heteroatoms. The molecule has 0 spiro atoms. The largest absolute Gasteiger partial charge is 0.496 e. The number of rotatable bonds is 5. The molecule has 112 valence electrons. The van der Waals surface area contributed by atoms with Crippen molar-refractivity contribution < 1.29 is 4.74 Å². The number of nitrogens with one attached hydrogen (secondary N) is 1. The van der Waals surface area contributed by atoms with Crippen molar-refractivity contribution >= 4 is 17.3 Å². The Labute approximate surface area is 132 Å². The van der Waals surface area contributed by atoms with Gasteiger partial charge in [-0.1, -0.05) is 36.7 Å². The number of aryl methyl sites for hydroxylation is 1. The molecule has 0 aliphatic carbocycles. The fourth-order valence-corrected chi connectivity index (χ4v) is 2.73. The van der Waals surface area contributed by atoms with E-state index < -0.39 is 0 Å². The molecule has 0 bridgehead atoms. The van der Waals surface area contributed by atoms with Crippen LogP contribution in [-0.4, -0.2) is 7.11 Å². The first-order chi connectivity index (χ1) is 10.1. The van der Waals surface area contributed by atoms with Gasteiger partial charge >= 0.3 is 0 Å². The molecule has 2 aromatic rings.